The van der Waals surface area contributed by atoms with Gasteiger partial charge in [0.05, 0.1) is 5.60 Å². The van der Waals surface area contributed by atoms with Crippen LogP contribution in [0.5, 0.6) is 0 Å². The molecule has 0 amide bonds. The molecule has 0 saturated carbocycles. The summed E-state index contributed by atoms with van der Waals surface area (Å²) in [7, 11) is 0. The zero-order valence-electron chi connectivity index (χ0n) is 7.53. The van der Waals surface area contributed by atoms with Crippen LogP contribution in [0.2, 0.25) is 0 Å². The van der Waals surface area contributed by atoms with Gasteiger partial charge in [-0.1, -0.05) is 0 Å². The third-order valence-corrected chi connectivity index (χ3v) is 1.72. The van der Waals surface area contributed by atoms with Crippen molar-refractivity contribution in [2.24, 2.45) is 5.73 Å². The molecular weight excluding hydrogens is 158 g/mol. The number of carboxylic acids is 1. The molecule has 0 radical (unpaired) electrons. The Hall–Kier alpha value is -1.05. The highest BCUT2D eigenvalue weighted by molar-refractivity contribution is 5.79. The van der Waals surface area contributed by atoms with E-state index in [1.165, 1.54) is 20.8 Å². The molecule has 1 atom stereocenters. The van der Waals surface area contributed by atoms with Crippen LogP contribution in [0.4, 0.5) is 0 Å². The standard InChI is InChI=1S/C6H13NO3.C2H2/c1-5(2,10)6(3,7)4(8)9;1-2/h10H,7H2,1-3H3,(H,8,9);1-2H/t6-;/m1./s1. The molecule has 12 heavy (non-hydrogen) atoms. The summed E-state index contributed by atoms with van der Waals surface area (Å²) in [6.07, 6.45) is 8.00. The Bertz CT molecular complexity index is 176. The van der Waals surface area contributed by atoms with Gasteiger partial charge in [-0.25, -0.2) is 0 Å². The average Bonchev–Trinajstić information content (AvgIpc) is 1.89. The summed E-state index contributed by atoms with van der Waals surface area (Å²) in [5.74, 6) is -1.21. The fraction of sp³-hybridized carbons (Fsp3) is 0.625. The fourth-order valence-electron chi connectivity index (χ4n) is 0.262. The highest BCUT2D eigenvalue weighted by Crippen LogP contribution is 2.17. The number of nitrogens with two attached hydrogens (primary N) is 1. The van der Waals surface area contributed by atoms with Gasteiger partial charge in [0.15, 0.2) is 0 Å². The van der Waals surface area contributed by atoms with Crippen LogP contribution in [0.3, 0.4) is 0 Å². The van der Waals surface area contributed by atoms with Crippen molar-refractivity contribution in [1.29, 1.82) is 0 Å². The summed E-state index contributed by atoms with van der Waals surface area (Å²) < 4.78 is 0. The van der Waals surface area contributed by atoms with Gasteiger partial charge in [0.25, 0.3) is 0 Å². The van der Waals surface area contributed by atoms with Gasteiger partial charge in [-0.15, -0.1) is 12.8 Å². The molecule has 0 aromatic carbocycles. The largest absolute Gasteiger partial charge is 0.480 e. The lowest BCUT2D eigenvalue weighted by Crippen LogP contribution is -2.60. The molecule has 0 saturated heterocycles. The fourth-order valence-corrected chi connectivity index (χ4v) is 0.262. The van der Waals surface area contributed by atoms with Crippen molar-refractivity contribution in [3.05, 3.63) is 0 Å². The minimum atomic E-state index is -1.59. The van der Waals surface area contributed by atoms with Crippen molar-refractivity contribution in [1.82, 2.24) is 0 Å². The predicted molar refractivity (Wildman–Crippen MR) is 46.4 cm³/mol. The first-order valence-electron chi connectivity index (χ1n) is 3.27. The van der Waals surface area contributed by atoms with E-state index in [4.69, 9.17) is 10.8 Å². The number of carbonyl (C=O) groups is 1. The summed E-state index contributed by atoms with van der Waals surface area (Å²) in [5.41, 5.74) is 2.29. The molecule has 4 nitrogen and oxygen atoms in total. The van der Waals surface area contributed by atoms with Crippen molar-refractivity contribution in [3.8, 4) is 12.8 Å². The quantitative estimate of drug-likeness (QED) is 0.505. The molecule has 0 rings (SSSR count). The molecule has 0 aromatic rings. The van der Waals surface area contributed by atoms with Crippen molar-refractivity contribution < 1.29 is 15.0 Å². The first kappa shape index (κ1) is 13.5. The van der Waals surface area contributed by atoms with Gasteiger partial charge in [0, 0.05) is 0 Å². The molecule has 0 aliphatic rings. The topological polar surface area (TPSA) is 83.5 Å². The van der Waals surface area contributed by atoms with E-state index in [0.717, 1.165) is 0 Å². The molecule has 0 bridgehead atoms. The Morgan fingerprint density at radius 2 is 1.58 bits per heavy atom. The van der Waals surface area contributed by atoms with Gasteiger partial charge >= 0.3 is 5.97 Å². The SMILES string of the molecule is C#C.CC(C)(O)[C@](C)(N)C(=O)O. The van der Waals surface area contributed by atoms with Crippen molar-refractivity contribution in [2.75, 3.05) is 0 Å². The van der Waals surface area contributed by atoms with E-state index in [9.17, 15) is 9.90 Å². The molecule has 0 aliphatic heterocycles. The third-order valence-electron chi connectivity index (χ3n) is 1.72. The predicted octanol–water partition coefficient (Wildman–Crippen LogP) is -0.191. The highest BCUT2D eigenvalue weighted by Gasteiger charge is 2.42. The molecule has 4 N–H and O–H groups in total. The Kier molecular flexibility index (Phi) is 4.62. The normalized spacial score (nSPS) is 15.2. The molecule has 0 aromatic heterocycles. The van der Waals surface area contributed by atoms with E-state index in [-0.39, 0.29) is 0 Å². The van der Waals surface area contributed by atoms with Gasteiger partial charge in [-0.2, -0.15) is 0 Å². The van der Waals surface area contributed by atoms with E-state index < -0.39 is 17.1 Å². The van der Waals surface area contributed by atoms with Crippen LogP contribution >= 0.6 is 0 Å². The molecule has 0 spiro atoms. The molecule has 4 heteroatoms. The number of aliphatic carboxylic acids is 1. The van der Waals surface area contributed by atoms with Crippen molar-refractivity contribution in [3.63, 3.8) is 0 Å². The molecular formula is C8H15NO3. The van der Waals surface area contributed by atoms with E-state index in [1.807, 2.05) is 0 Å². The minimum Gasteiger partial charge on any atom is -0.480 e. The lowest BCUT2D eigenvalue weighted by molar-refractivity contribution is -0.151. The van der Waals surface area contributed by atoms with Crippen LogP contribution in [0, 0.1) is 12.8 Å². The minimum absolute atomic E-state index is 1.21. The second-order valence-electron chi connectivity index (χ2n) is 3.07. The first-order chi connectivity index (χ1) is 5.19. The average molecular weight is 173 g/mol. The Morgan fingerprint density at radius 1 is 1.33 bits per heavy atom. The highest BCUT2D eigenvalue weighted by atomic mass is 16.4. The third kappa shape index (κ3) is 2.91. The maximum Gasteiger partial charge on any atom is 0.326 e. The Labute approximate surface area is 72.4 Å². The monoisotopic (exact) mass is 173 g/mol. The van der Waals surface area contributed by atoms with Gasteiger partial charge < -0.3 is 15.9 Å². The summed E-state index contributed by atoms with van der Waals surface area (Å²) >= 11 is 0. The van der Waals surface area contributed by atoms with Crippen molar-refractivity contribution in [2.45, 2.75) is 31.9 Å². The van der Waals surface area contributed by atoms with Gasteiger partial charge in [-0.3, -0.25) is 4.79 Å². The Morgan fingerprint density at radius 3 is 1.58 bits per heavy atom. The second kappa shape index (κ2) is 4.10. The van der Waals surface area contributed by atoms with Crippen LogP contribution in [0.1, 0.15) is 20.8 Å². The van der Waals surface area contributed by atoms with Crippen LogP contribution in [0.15, 0.2) is 0 Å². The van der Waals surface area contributed by atoms with E-state index in [0.29, 0.717) is 0 Å². The lowest BCUT2D eigenvalue weighted by Gasteiger charge is -2.32. The molecule has 0 heterocycles. The number of aliphatic hydroxyl groups is 1. The first-order valence-corrected chi connectivity index (χ1v) is 3.27. The summed E-state index contributed by atoms with van der Waals surface area (Å²) in [5, 5.41) is 17.7. The number of hydrogen-bond donors (Lipinski definition) is 3. The van der Waals surface area contributed by atoms with Crippen LogP contribution in [-0.2, 0) is 4.79 Å². The van der Waals surface area contributed by atoms with E-state index in [2.05, 4.69) is 12.8 Å². The summed E-state index contributed by atoms with van der Waals surface area (Å²) in [4.78, 5) is 10.4. The molecule has 0 fully saturated rings. The van der Waals surface area contributed by atoms with Gasteiger partial charge in [-0.05, 0) is 20.8 Å². The zero-order chi connectivity index (χ0) is 10.6. The van der Waals surface area contributed by atoms with Crippen LogP contribution in [0.25, 0.3) is 0 Å². The summed E-state index contributed by atoms with van der Waals surface area (Å²) in [6, 6.07) is 0. The number of terminal acetylenes is 1. The van der Waals surface area contributed by atoms with E-state index >= 15 is 0 Å². The number of rotatable bonds is 2. The zero-order valence-corrected chi connectivity index (χ0v) is 7.53. The van der Waals surface area contributed by atoms with Gasteiger partial charge in [0.1, 0.15) is 5.54 Å². The smallest absolute Gasteiger partial charge is 0.326 e. The van der Waals surface area contributed by atoms with E-state index in [1.54, 1.807) is 0 Å². The van der Waals surface area contributed by atoms with Crippen LogP contribution in [-0.4, -0.2) is 27.3 Å². The number of carboxylic acid groups (broad SMARTS) is 1. The summed E-state index contributed by atoms with van der Waals surface area (Å²) in [6.45, 7) is 4.00. The van der Waals surface area contributed by atoms with Crippen LogP contribution < -0.4 is 5.73 Å². The molecule has 0 aliphatic carbocycles. The number of hydrogen-bond acceptors (Lipinski definition) is 3. The second-order valence-corrected chi connectivity index (χ2v) is 3.07. The maximum atomic E-state index is 10.4. The lowest BCUT2D eigenvalue weighted by atomic mass is 9.85. The Balaban J connectivity index is 0. The van der Waals surface area contributed by atoms with Crippen molar-refractivity contribution >= 4 is 5.97 Å². The molecule has 70 valence electrons. The van der Waals surface area contributed by atoms with Gasteiger partial charge in [0.2, 0.25) is 0 Å². The maximum absolute atomic E-state index is 10.4. The molecule has 0 unspecified atom stereocenters.